The first-order valence-corrected chi connectivity index (χ1v) is 8.10. The molecule has 4 heteroatoms. The Kier molecular flexibility index (Phi) is 5.61. The van der Waals surface area contributed by atoms with Crippen LogP contribution < -0.4 is 5.32 Å². The van der Waals surface area contributed by atoms with E-state index >= 15 is 0 Å². The van der Waals surface area contributed by atoms with Crippen molar-refractivity contribution in [3.05, 3.63) is 34.3 Å². The molecule has 1 aromatic carbocycles. The summed E-state index contributed by atoms with van der Waals surface area (Å²) < 4.78 is 1.08. The normalized spacial score (nSPS) is 17.4. The predicted octanol–water partition coefficient (Wildman–Crippen LogP) is 3.33. The van der Waals surface area contributed by atoms with Crippen molar-refractivity contribution in [2.45, 2.75) is 51.2 Å². The summed E-state index contributed by atoms with van der Waals surface area (Å²) in [7, 11) is 2.00. The summed E-state index contributed by atoms with van der Waals surface area (Å²) in [5.41, 5.74) is 1.22. The quantitative estimate of drug-likeness (QED) is 0.893. The molecule has 1 fully saturated rings. The molecule has 1 unspecified atom stereocenters. The van der Waals surface area contributed by atoms with E-state index in [1.807, 2.05) is 26.1 Å². The first-order chi connectivity index (χ1) is 9.56. The Bertz CT molecular complexity index is 440. The van der Waals surface area contributed by atoms with E-state index in [1.165, 1.54) is 18.4 Å². The molecule has 1 aliphatic rings. The monoisotopic (exact) mass is 338 g/mol. The van der Waals surface area contributed by atoms with Crippen LogP contribution in [0.25, 0.3) is 0 Å². The van der Waals surface area contributed by atoms with Gasteiger partial charge < -0.3 is 5.32 Å². The third-order valence-electron chi connectivity index (χ3n) is 4.09. The standard InChI is InChI=1S/C16H23BrN2O/c1-12(16(20)18-15-5-3-4-6-15)19(2)11-13-7-9-14(17)10-8-13/h7-10,12,15H,3-6,11H2,1-2H3,(H,18,20). The largest absolute Gasteiger partial charge is 0.352 e. The van der Waals surface area contributed by atoms with E-state index in [1.54, 1.807) is 0 Å². The maximum absolute atomic E-state index is 12.2. The summed E-state index contributed by atoms with van der Waals surface area (Å²) in [6, 6.07) is 8.54. The zero-order valence-corrected chi connectivity index (χ0v) is 13.8. The van der Waals surface area contributed by atoms with Crippen LogP contribution in [-0.2, 0) is 11.3 Å². The van der Waals surface area contributed by atoms with Gasteiger partial charge in [-0.1, -0.05) is 40.9 Å². The van der Waals surface area contributed by atoms with Gasteiger partial charge in [0.1, 0.15) is 0 Å². The Morgan fingerprint density at radius 3 is 2.55 bits per heavy atom. The van der Waals surface area contributed by atoms with Gasteiger partial charge >= 0.3 is 0 Å². The summed E-state index contributed by atoms with van der Waals surface area (Å²) in [5, 5.41) is 3.17. The van der Waals surface area contributed by atoms with Gasteiger partial charge in [-0.2, -0.15) is 0 Å². The highest BCUT2D eigenvalue weighted by Gasteiger charge is 2.22. The van der Waals surface area contributed by atoms with Gasteiger partial charge in [0.05, 0.1) is 6.04 Å². The molecule has 0 bridgehead atoms. The molecule has 20 heavy (non-hydrogen) atoms. The second-order valence-electron chi connectivity index (χ2n) is 5.71. The molecule has 0 saturated heterocycles. The first-order valence-electron chi connectivity index (χ1n) is 7.31. The van der Waals surface area contributed by atoms with Gasteiger partial charge in [0.25, 0.3) is 0 Å². The van der Waals surface area contributed by atoms with Crippen LogP contribution in [-0.4, -0.2) is 29.9 Å². The lowest BCUT2D eigenvalue weighted by Gasteiger charge is -2.25. The molecule has 1 atom stereocenters. The van der Waals surface area contributed by atoms with E-state index in [0.717, 1.165) is 23.9 Å². The topological polar surface area (TPSA) is 32.3 Å². The average Bonchev–Trinajstić information content (AvgIpc) is 2.93. The van der Waals surface area contributed by atoms with Crippen molar-refractivity contribution in [3.63, 3.8) is 0 Å². The van der Waals surface area contributed by atoms with Crippen molar-refractivity contribution in [3.8, 4) is 0 Å². The van der Waals surface area contributed by atoms with E-state index < -0.39 is 0 Å². The number of nitrogens with zero attached hydrogens (tertiary/aromatic N) is 1. The number of hydrogen-bond acceptors (Lipinski definition) is 2. The summed E-state index contributed by atoms with van der Waals surface area (Å²) in [4.78, 5) is 14.3. The van der Waals surface area contributed by atoms with Gasteiger partial charge in [-0.15, -0.1) is 0 Å². The second kappa shape index (κ2) is 7.23. The smallest absolute Gasteiger partial charge is 0.237 e. The molecule has 0 radical (unpaired) electrons. The zero-order valence-electron chi connectivity index (χ0n) is 12.2. The Morgan fingerprint density at radius 1 is 1.35 bits per heavy atom. The number of amides is 1. The molecule has 1 N–H and O–H groups in total. The molecular formula is C16H23BrN2O. The number of carbonyl (C=O) groups excluding carboxylic acids is 1. The molecule has 0 aromatic heterocycles. The highest BCUT2D eigenvalue weighted by Crippen LogP contribution is 2.18. The van der Waals surface area contributed by atoms with Crippen LogP contribution in [0.2, 0.25) is 0 Å². The molecule has 1 saturated carbocycles. The third-order valence-corrected chi connectivity index (χ3v) is 4.62. The number of rotatable bonds is 5. The van der Waals surface area contributed by atoms with E-state index in [4.69, 9.17) is 0 Å². The van der Waals surface area contributed by atoms with Crippen molar-refractivity contribution >= 4 is 21.8 Å². The fraction of sp³-hybridized carbons (Fsp3) is 0.562. The predicted molar refractivity (Wildman–Crippen MR) is 85.5 cm³/mol. The van der Waals surface area contributed by atoms with Gasteiger partial charge in [0, 0.05) is 17.1 Å². The average molecular weight is 339 g/mol. The highest BCUT2D eigenvalue weighted by molar-refractivity contribution is 9.10. The number of hydrogen-bond donors (Lipinski definition) is 1. The number of halogens is 1. The molecule has 0 aliphatic heterocycles. The van der Waals surface area contributed by atoms with Crippen molar-refractivity contribution in [2.75, 3.05) is 7.05 Å². The summed E-state index contributed by atoms with van der Waals surface area (Å²) in [6.07, 6.45) is 4.76. The molecule has 3 nitrogen and oxygen atoms in total. The van der Waals surface area contributed by atoms with Gasteiger partial charge in [-0.3, -0.25) is 9.69 Å². The molecule has 0 heterocycles. The Labute approximate surface area is 129 Å². The second-order valence-corrected chi connectivity index (χ2v) is 6.62. The van der Waals surface area contributed by atoms with Crippen molar-refractivity contribution in [1.82, 2.24) is 10.2 Å². The van der Waals surface area contributed by atoms with E-state index in [-0.39, 0.29) is 11.9 Å². The molecule has 1 aromatic rings. The van der Waals surface area contributed by atoms with Gasteiger partial charge in [0.2, 0.25) is 5.91 Å². The Hall–Kier alpha value is -0.870. The lowest BCUT2D eigenvalue weighted by atomic mass is 10.1. The maximum atomic E-state index is 12.2. The lowest BCUT2D eigenvalue weighted by molar-refractivity contribution is -0.126. The lowest BCUT2D eigenvalue weighted by Crippen LogP contribution is -2.46. The number of benzene rings is 1. The van der Waals surface area contributed by atoms with E-state index in [2.05, 4.69) is 38.3 Å². The van der Waals surface area contributed by atoms with Gasteiger partial charge in [-0.25, -0.2) is 0 Å². The van der Waals surface area contributed by atoms with E-state index in [0.29, 0.717) is 6.04 Å². The van der Waals surface area contributed by atoms with Crippen LogP contribution in [0.15, 0.2) is 28.7 Å². The number of nitrogens with one attached hydrogen (secondary N) is 1. The number of likely N-dealkylation sites (N-methyl/N-ethyl adjacent to an activating group) is 1. The van der Waals surface area contributed by atoms with Crippen molar-refractivity contribution < 1.29 is 4.79 Å². The maximum Gasteiger partial charge on any atom is 0.237 e. The molecular weight excluding hydrogens is 316 g/mol. The van der Waals surface area contributed by atoms with Crippen molar-refractivity contribution in [2.24, 2.45) is 0 Å². The van der Waals surface area contributed by atoms with Crippen LogP contribution >= 0.6 is 15.9 Å². The zero-order chi connectivity index (χ0) is 14.5. The summed E-state index contributed by atoms with van der Waals surface area (Å²) in [5.74, 6) is 0.150. The number of carbonyl (C=O) groups is 1. The van der Waals surface area contributed by atoms with Crippen LogP contribution in [0, 0.1) is 0 Å². The summed E-state index contributed by atoms with van der Waals surface area (Å²) >= 11 is 3.43. The first kappa shape index (κ1) is 15.5. The van der Waals surface area contributed by atoms with Crippen LogP contribution in [0.5, 0.6) is 0 Å². The van der Waals surface area contributed by atoms with Crippen LogP contribution in [0.4, 0.5) is 0 Å². The molecule has 2 rings (SSSR count). The Morgan fingerprint density at radius 2 is 1.95 bits per heavy atom. The van der Waals surface area contributed by atoms with E-state index in [9.17, 15) is 4.79 Å². The van der Waals surface area contributed by atoms with Crippen LogP contribution in [0.1, 0.15) is 38.2 Å². The highest BCUT2D eigenvalue weighted by atomic mass is 79.9. The third kappa shape index (κ3) is 4.32. The molecule has 1 aliphatic carbocycles. The summed E-state index contributed by atoms with van der Waals surface area (Å²) in [6.45, 7) is 2.76. The molecule has 0 spiro atoms. The minimum absolute atomic E-state index is 0.0979. The minimum atomic E-state index is -0.0979. The molecule has 1 amide bonds. The minimum Gasteiger partial charge on any atom is -0.352 e. The fourth-order valence-electron chi connectivity index (χ4n) is 2.61. The van der Waals surface area contributed by atoms with Gasteiger partial charge in [-0.05, 0) is 44.5 Å². The van der Waals surface area contributed by atoms with Crippen LogP contribution in [0.3, 0.4) is 0 Å². The SMILES string of the molecule is CC(C(=O)NC1CCCC1)N(C)Cc1ccc(Br)cc1. The van der Waals surface area contributed by atoms with Crippen molar-refractivity contribution in [1.29, 1.82) is 0 Å². The van der Waals surface area contributed by atoms with Gasteiger partial charge in [0.15, 0.2) is 0 Å². The molecule has 110 valence electrons. The Balaban J connectivity index is 1.85. The fourth-order valence-corrected chi connectivity index (χ4v) is 2.87.